The maximum absolute atomic E-state index is 13.0. The largest absolute Gasteiger partial charge is 0.502 e. The van der Waals surface area contributed by atoms with E-state index in [0.29, 0.717) is 31.0 Å². The van der Waals surface area contributed by atoms with Crippen molar-refractivity contribution in [1.29, 1.82) is 5.26 Å². The van der Waals surface area contributed by atoms with Gasteiger partial charge in [0, 0.05) is 62.1 Å². The number of alkyl halides is 1. The first-order valence-electron chi connectivity index (χ1n) is 12.8. The van der Waals surface area contributed by atoms with Crippen LogP contribution in [0.5, 0.6) is 5.75 Å². The van der Waals surface area contributed by atoms with E-state index in [1.165, 1.54) is 11.9 Å². The summed E-state index contributed by atoms with van der Waals surface area (Å²) in [6.07, 6.45) is 2.24. The number of halogens is 1. The molecule has 0 unspecified atom stereocenters. The van der Waals surface area contributed by atoms with E-state index in [0.717, 1.165) is 36.3 Å². The van der Waals surface area contributed by atoms with Crippen molar-refractivity contribution in [2.75, 3.05) is 26.3 Å². The van der Waals surface area contributed by atoms with Crippen molar-refractivity contribution < 1.29 is 9.50 Å². The van der Waals surface area contributed by atoms with Crippen molar-refractivity contribution >= 4 is 0 Å². The molecule has 0 spiro atoms. The number of nitrogens with zero attached hydrogens (tertiary/aromatic N) is 3. The predicted molar refractivity (Wildman–Crippen MR) is 144 cm³/mol. The molecule has 4 rings (SSSR count). The molecule has 0 bridgehead atoms. The zero-order valence-electron chi connectivity index (χ0n) is 21.5. The Bertz CT molecular complexity index is 1360. The van der Waals surface area contributed by atoms with Crippen LogP contribution in [-0.4, -0.2) is 52.3 Å². The number of aromatic hydroxyl groups is 1. The number of hydrogen-bond acceptors (Lipinski definition) is 6. The van der Waals surface area contributed by atoms with Crippen LogP contribution < -0.4 is 10.9 Å². The zero-order valence-corrected chi connectivity index (χ0v) is 21.5. The molecule has 2 heterocycles. The van der Waals surface area contributed by atoms with Crippen LogP contribution in [0.3, 0.4) is 0 Å². The first-order chi connectivity index (χ1) is 18.4. The Morgan fingerprint density at radius 2 is 1.82 bits per heavy atom. The SMILES string of the molecule is C[C@@H](CF)NC[C@H](Cc1nc[nH]c(=O)c1O)c1ccc(C#Cc2ccc(CN3CC(CC#N)C3)cc2)cc1. The maximum atomic E-state index is 13.0. The Kier molecular flexibility index (Phi) is 9.26. The number of H-pyrrole nitrogens is 1. The van der Waals surface area contributed by atoms with Crippen molar-refractivity contribution in [2.45, 2.75) is 38.3 Å². The summed E-state index contributed by atoms with van der Waals surface area (Å²) in [5.41, 5.74) is 3.73. The van der Waals surface area contributed by atoms with Gasteiger partial charge in [0.05, 0.1) is 18.1 Å². The van der Waals surface area contributed by atoms with Crippen molar-refractivity contribution in [3.63, 3.8) is 0 Å². The number of rotatable bonds is 10. The number of aromatic amines is 1. The topological polar surface area (TPSA) is 105 Å². The summed E-state index contributed by atoms with van der Waals surface area (Å²) in [4.78, 5) is 20.6. The highest BCUT2D eigenvalue weighted by atomic mass is 19.1. The van der Waals surface area contributed by atoms with E-state index in [1.807, 2.05) is 36.4 Å². The predicted octanol–water partition coefficient (Wildman–Crippen LogP) is 3.49. The number of nitrogens with one attached hydrogen (secondary N) is 2. The Hall–Kier alpha value is -3.98. The molecule has 8 heteroatoms. The summed E-state index contributed by atoms with van der Waals surface area (Å²) in [5, 5.41) is 22.1. The highest BCUT2D eigenvalue weighted by Crippen LogP contribution is 2.23. The van der Waals surface area contributed by atoms with Crippen LogP contribution in [-0.2, 0) is 13.0 Å². The summed E-state index contributed by atoms with van der Waals surface area (Å²) >= 11 is 0. The van der Waals surface area contributed by atoms with Crippen molar-refractivity contribution in [3.8, 4) is 23.7 Å². The van der Waals surface area contributed by atoms with E-state index in [1.54, 1.807) is 6.92 Å². The monoisotopic (exact) mass is 513 g/mol. The van der Waals surface area contributed by atoms with Crippen LogP contribution >= 0.6 is 0 Å². The average Bonchev–Trinajstić information content (AvgIpc) is 2.92. The lowest BCUT2D eigenvalue weighted by Crippen LogP contribution is -2.45. The minimum Gasteiger partial charge on any atom is -0.502 e. The molecule has 1 aliphatic rings. The van der Waals surface area contributed by atoms with Gasteiger partial charge in [-0.3, -0.25) is 9.69 Å². The average molecular weight is 514 g/mol. The van der Waals surface area contributed by atoms with E-state index >= 15 is 0 Å². The number of aromatic nitrogens is 2. The van der Waals surface area contributed by atoms with Gasteiger partial charge in [-0.15, -0.1) is 0 Å². The van der Waals surface area contributed by atoms with Crippen LogP contribution in [0.4, 0.5) is 4.39 Å². The van der Waals surface area contributed by atoms with Crippen LogP contribution in [0.1, 0.15) is 47.2 Å². The lowest BCUT2D eigenvalue weighted by Gasteiger charge is -2.38. The van der Waals surface area contributed by atoms with Gasteiger partial charge in [-0.2, -0.15) is 5.26 Å². The molecule has 2 atom stereocenters. The van der Waals surface area contributed by atoms with Gasteiger partial charge in [0.25, 0.3) is 5.56 Å². The fraction of sp³-hybridized carbons (Fsp3) is 0.367. The van der Waals surface area contributed by atoms with Gasteiger partial charge in [-0.1, -0.05) is 36.1 Å². The summed E-state index contributed by atoms with van der Waals surface area (Å²) in [5.74, 6) is 6.40. The van der Waals surface area contributed by atoms with E-state index in [9.17, 15) is 14.3 Å². The molecular weight excluding hydrogens is 481 g/mol. The normalized spacial score (nSPS) is 15.1. The molecule has 0 amide bonds. The molecular formula is C30H32FN5O2. The molecule has 1 saturated heterocycles. The summed E-state index contributed by atoms with van der Waals surface area (Å²) < 4.78 is 13.0. The second-order valence-electron chi connectivity index (χ2n) is 9.88. The highest BCUT2D eigenvalue weighted by molar-refractivity contribution is 5.44. The summed E-state index contributed by atoms with van der Waals surface area (Å²) in [6, 6.07) is 18.0. The fourth-order valence-corrected chi connectivity index (χ4v) is 4.52. The van der Waals surface area contributed by atoms with Crippen molar-refractivity contribution in [1.82, 2.24) is 20.2 Å². The first-order valence-corrected chi connectivity index (χ1v) is 12.8. The minimum atomic E-state index is -0.581. The van der Waals surface area contributed by atoms with Gasteiger partial charge in [-0.05, 0) is 48.2 Å². The Morgan fingerprint density at radius 3 is 2.45 bits per heavy atom. The third-order valence-electron chi connectivity index (χ3n) is 6.79. The molecule has 1 aliphatic heterocycles. The molecule has 1 aromatic heterocycles. The minimum absolute atomic E-state index is 0.125. The Morgan fingerprint density at radius 1 is 1.16 bits per heavy atom. The molecule has 0 radical (unpaired) electrons. The lowest BCUT2D eigenvalue weighted by molar-refractivity contribution is 0.0955. The summed E-state index contributed by atoms with van der Waals surface area (Å²) in [7, 11) is 0. The quantitative estimate of drug-likeness (QED) is 0.359. The maximum Gasteiger partial charge on any atom is 0.293 e. The molecule has 38 heavy (non-hydrogen) atoms. The Balaban J connectivity index is 1.40. The number of nitriles is 1. The molecule has 196 valence electrons. The van der Waals surface area contributed by atoms with Gasteiger partial charge >= 0.3 is 0 Å². The van der Waals surface area contributed by atoms with E-state index < -0.39 is 18.0 Å². The smallest absolute Gasteiger partial charge is 0.293 e. The van der Waals surface area contributed by atoms with Crippen LogP contribution in [0.15, 0.2) is 59.7 Å². The van der Waals surface area contributed by atoms with Crippen LogP contribution in [0.2, 0.25) is 0 Å². The standard InChI is InChI=1S/C30H32FN5O2/c1-21(15-31)33-16-27(14-28-29(37)30(38)35-20-34-28)26-10-8-23(9-11-26)3-2-22-4-6-24(7-5-22)17-36-18-25(19-36)12-13-32/h4-11,20-21,25,27,33,37H,12,14-19H2,1H3,(H,34,35,38)/t21-,27-/m0/s1. The van der Waals surface area contributed by atoms with Crippen molar-refractivity contribution in [3.05, 3.63) is 93.2 Å². The molecule has 0 aliphatic carbocycles. The second-order valence-corrected chi connectivity index (χ2v) is 9.88. The highest BCUT2D eigenvalue weighted by Gasteiger charge is 2.25. The van der Waals surface area contributed by atoms with Crippen LogP contribution in [0, 0.1) is 29.1 Å². The van der Waals surface area contributed by atoms with E-state index in [-0.39, 0.29) is 12.0 Å². The number of likely N-dealkylation sites (tertiary alicyclic amines) is 1. The molecule has 1 fully saturated rings. The van der Waals surface area contributed by atoms with Crippen LogP contribution in [0.25, 0.3) is 0 Å². The first kappa shape index (κ1) is 27.1. The molecule has 0 saturated carbocycles. The molecule has 7 nitrogen and oxygen atoms in total. The Labute approximate surface area is 222 Å². The van der Waals surface area contributed by atoms with Gasteiger partial charge in [0.2, 0.25) is 5.75 Å². The number of hydrogen-bond donors (Lipinski definition) is 3. The molecule has 2 aromatic carbocycles. The fourth-order valence-electron chi connectivity index (χ4n) is 4.52. The van der Waals surface area contributed by atoms with Gasteiger partial charge in [-0.25, -0.2) is 9.37 Å². The van der Waals surface area contributed by atoms with Crippen molar-refractivity contribution in [2.24, 2.45) is 5.92 Å². The lowest BCUT2D eigenvalue weighted by atomic mass is 9.92. The summed E-state index contributed by atoms with van der Waals surface area (Å²) in [6.45, 7) is 4.60. The van der Waals surface area contributed by atoms with Gasteiger partial charge < -0.3 is 15.4 Å². The van der Waals surface area contributed by atoms with Gasteiger partial charge in [0.1, 0.15) is 6.67 Å². The second kappa shape index (κ2) is 13.0. The van der Waals surface area contributed by atoms with Gasteiger partial charge in [0.15, 0.2) is 0 Å². The number of benzene rings is 2. The molecule has 3 N–H and O–H groups in total. The van der Waals surface area contributed by atoms with E-state index in [4.69, 9.17) is 5.26 Å². The third-order valence-corrected chi connectivity index (χ3v) is 6.79. The zero-order chi connectivity index (χ0) is 26.9. The third kappa shape index (κ3) is 7.29. The van der Waals surface area contributed by atoms with E-state index in [2.05, 4.69) is 50.2 Å². The molecule has 3 aromatic rings.